The van der Waals surface area contributed by atoms with Gasteiger partial charge < -0.3 is 10.1 Å². The summed E-state index contributed by atoms with van der Waals surface area (Å²) in [6, 6.07) is 23.9. The summed E-state index contributed by atoms with van der Waals surface area (Å²) in [5.41, 5.74) is 2.84. The SMILES string of the molecule is Cc1ccc(NC(=O)c2cc(-c3ccc(F)cc3F)ccc2OC(=O)/C=C/c2ccccc2)cc1. The van der Waals surface area contributed by atoms with E-state index in [0.29, 0.717) is 11.3 Å². The average molecular weight is 469 g/mol. The summed E-state index contributed by atoms with van der Waals surface area (Å²) >= 11 is 0. The molecule has 0 aliphatic heterocycles. The summed E-state index contributed by atoms with van der Waals surface area (Å²) in [7, 11) is 0. The van der Waals surface area contributed by atoms with Crippen LogP contribution in [0.3, 0.4) is 0 Å². The van der Waals surface area contributed by atoms with E-state index in [0.717, 1.165) is 23.3 Å². The first-order valence-corrected chi connectivity index (χ1v) is 10.8. The van der Waals surface area contributed by atoms with Crippen molar-refractivity contribution in [1.82, 2.24) is 0 Å². The van der Waals surface area contributed by atoms with Crippen LogP contribution in [-0.4, -0.2) is 11.9 Å². The minimum absolute atomic E-state index is 0.00333. The molecule has 4 rings (SSSR count). The molecule has 6 heteroatoms. The molecule has 4 nitrogen and oxygen atoms in total. The summed E-state index contributed by atoms with van der Waals surface area (Å²) in [4.78, 5) is 25.6. The van der Waals surface area contributed by atoms with Gasteiger partial charge in [-0.15, -0.1) is 0 Å². The first kappa shape index (κ1) is 23.6. The van der Waals surface area contributed by atoms with Crippen molar-refractivity contribution in [1.29, 1.82) is 0 Å². The van der Waals surface area contributed by atoms with E-state index in [-0.39, 0.29) is 16.9 Å². The second-order valence-electron chi connectivity index (χ2n) is 7.82. The van der Waals surface area contributed by atoms with Gasteiger partial charge in [0, 0.05) is 23.4 Å². The molecule has 174 valence electrons. The summed E-state index contributed by atoms with van der Waals surface area (Å²) in [5, 5.41) is 2.76. The van der Waals surface area contributed by atoms with Crippen molar-refractivity contribution in [2.45, 2.75) is 6.92 Å². The molecule has 0 saturated heterocycles. The normalized spacial score (nSPS) is 10.8. The lowest BCUT2D eigenvalue weighted by molar-refractivity contribution is -0.128. The highest BCUT2D eigenvalue weighted by Crippen LogP contribution is 2.30. The van der Waals surface area contributed by atoms with Crippen molar-refractivity contribution >= 4 is 23.6 Å². The summed E-state index contributed by atoms with van der Waals surface area (Å²) in [5.74, 6) is -2.71. The van der Waals surface area contributed by atoms with Gasteiger partial charge in [-0.3, -0.25) is 4.79 Å². The fourth-order valence-corrected chi connectivity index (χ4v) is 3.39. The molecular formula is C29H21F2NO3. The van der Waals surface area contributed by atoms with Gasteiger partial charge in [-0.05, 0) is 60.5 Å². The van der Waals surface area contributed by atoms with Crippen molar-refractivity contribution in [3.63, 3.8) is 0 Å². The molecule has 0 heterocycles. The van der Waals surface area contributed by atoms with Crippen LogP contribution in [0.5, 0.6) is 5.75 Å². The number of esters is 1. The molecule has 0 bridgehead atoms. The lowest BCUT2D eigenvalue weighted by atomic mass is 10.0. The zero-order valence-electron chi connectivity index (χ0n) is 18.8. The van der Waals surface area contributed by atoms with Crippen molar-refractivity contribution in [2.75, 3.05) is 5.32 Å². The molecule has 0 aliphatic rings. The molecule has 0 aromatic heterocycles. The Kier molecular flexibility index (Phi) is 7.12. The first-order valence-electron chi connectivity index (χ1n) is 10.8. The van der Waals surface area contributed by atoms with Crippen LogP contribution in [-0.2, 0) is 4.79 Å². The Morgan fingerprint density at radius 3 is 2.31 bits per heavy atom. The van der Waals surface area contributed by atoms with Gasteiger partial charge >= 0.3 is 5.97 Å². The highest BCUT2D eigenvalue weighted by atomic mass is 19.1. The molecule has 0 spiro atoms. The minimum atomic E-state index is -0.773. The van der Waals surface area contributed by atoms with Gasteiger partial charge in [0.25, 0.3) is 5.91 Å². The number of benzene rings is 4. The van der Waals surface area contributed by atoms with Crippen LogP contribution in [0.4, 0.5) is 14.5 Å². The number of hydrogen-bond acceptors (Lipinski definition) is 3. The Balaban J connectivity index is 1.66. The molecule has 4 aromatic carbocycles. The molecule has 0 atom stereocenters. The van der Waals surface area contributed by atoms with E-state index in [9.17, 15) is 18.4 Å². The Bertz CT molecular complexity index is 1400. The fourth-order valence-electron chi connectivity index (χ4n) is 3.39. The summed E-state index contributed by atoms with van der Waals surface area (Å²) < 4.78 is 33.2. The first-order chi connectivity index (χ1) is 16.9. The number of rotatable bonds is 6. The molecular weight excluding hydrogens is 448 g/mol. The highest BCUT2D eigenvalue weighted by Gasteiger charge is 2.18. The second kappa shape index (κ2) is 10.6. The molecule has 1 N–H and O–H groups in total. The molecule has 1 amide bonds. The number of carbonyl (C=O) groups excluding carboxylic acids is 2. The fraction of sp³-hybridized carbons (Fsp3) is 0.0345. The van der Waals surface area contributed by atoms with Crippen LogP contribution >= 0.6 is 0 Å². The van der Waals surface area contributed by atoms with E-state index in [2.05, 4.69) is 5.32 Å². The van der Waals surface area contributed by atoms with Gasteiger partial charge in [0.05, 0.1) is 5.56 Å². The maximum Gasteiger partial charge on any atom is 0.336 e. The van der Waals surface area contributed by atoms with E-state index in [1.807, 2.05) is 49.4 Å². The van der Waals surface area contributed by atoms with Gasteiger partial charge in [-0.25, -0.2) is 13.6 Å². The zero-order valence-corrected chi connectivity index (χ0v) is 18.8. The van der Waals surface area contributed by atoms with Crippen LogP contribution in [0.25, 0.3) is 17.2 Å². The van der Waals surface area contributed by atoms with Gasteiger partial charge in [-0.1, -0.05) is 54.1 Å². The van der Waals surface area contributed by atoms with Crippen molar-refractivity contribution in [3.05, 3.63) is 125 Å². The molecule has 0 fully saturated rings. The van der Waals surface area contributed by atoms with Gasteiger partial charge in [-0.2, -0.15) is 0 Å². The molecule has 0 radical (unpaired) electrons. The number of aryl methyl sites for hydroxylation is 1. The Morgan fingerprint density at radius 1 is 0.857 bits per heavy atom. The Hall–Kier alpha value is -4.58. The Labute approximate surface area is 201 Å². The molecule has 0 saturated carbocycles. The lowest BCUT2D eigenvalue weighted by Crippen LogP contribution is -2.15. The van der Waals surface area contributed by atoms with Crippen LogP contribution < -0.4 is 10.1 Å². The van der Waals surface area contributed by atoms with Crippen molar-refractivity contribution < 1.29 is 23.1 Å². The number of carbonyl (C=O) groups is 2. The van der Waals surface area contributed by atoms with E-state index in [4.69, 9.17) is 4.74 Å². The molecule has 4 aromatic rings. The van der Waals surface area contributed by atoms with E-state index < -0.39 is 23.5 Å². The van der Waals surface area contributed by atoms with Gasteiger partial charge in [0.15, 0.2) is 0 Å². The number of hydrogen-bond donors (Lipinski definition) is 1. The predicted molar refractivity (Wildman–Crippen MR) is 132 cm³/mol. The predicted octanol–water partition coefficient (Wildman–Crippen LogP) is 6.81. The topological polar surface area (TPSA) is 55.4 Å². The van der Waals surface area contributed by atoms with Crippen molar-refractivity contribution in [2.24, 2.45) is 0 Å². The maximum atomic E-state index is 14.4. The minimum Gasteiger partial charge on any atom is -0.423 e. The van der Waals surface area contributed by atoms with Gasteiger partial charge in [0.2, 0.25) is 0 Å². The third-order valence-electron chi connectivity index (χ3n) is 5.20. The molecule has 0 unspecified atom stereocenters. The van der Waals surface area contributed by atoms with Crippen LogP contribution in [0.2, 0.25) is 0 Å². The standard InChI is InChI=1S/C29H21F2NO3/c1-19-7-12-23(13-8-19)32-29(34)25-17-21(24-14-11-22(30)18-26(24)31)10-15-27(25)35-28(33)16-9-20-5-3-2-4-6-20/h2-18H,1H3,(H,32,34)/b16-9+. The number of amides is 1. The third-order valence-corrected chi connectivity index (χ3v) is 5.20. The lowest BCUT2D eigenvalue weighted by Gasteiger charge is -2.13. The number of anilines is 1. The van der Waals surface area contributed by atoms with E-state index in [1.54, 1.807) is 18.2 Å². The summed E-state index contributed by atoms with van der Waals surface area (Å²) in [6.07, 6.45) is 2.85. The monoisotopic (exact) mass is 469 g/mol. The highest BCUT2D eigenvalue weighted by molar-refractivity contribution is 6.07. The van der Waals surface area contributed by atoms with Crippen molar-refractivity contribution in [3.8, 4) is 16.9 Å². The quantitative estimate of drug-likeness (QED) is 0.192. The number of nitrogens with one attached hydrogen (secondary N) is 1. The average Bonchev–Trinajstić information content (AvgIpc) is 2.85. The smallest absolute Gasteiger partial charge is 0.336 e. The maximum absolute atomic E-state index is 14.4. The molecule has 0 aliphatic carbocycles. The van der Waals surface area contributed by atoms with Crippen LogP contribution in [0, 0.1) is 18.6 Å². The van der Waals surface area contributed by atoms with E-state index in [1.165, 1.54) is 30.3 Å². The largest absolute Gasteiger partial charge is 0.423 e. The third kappa shape index (κ3) is 6.06. The van der Waals surface area contributed by atoms with Crippen LogP contribution in [0.15, 0.2) is 97.1 Å². The molecule has 35 heavy (non-hydrogen) atoms. The van der Waals surface area contributed by atoms with Gasteiger partial charge in [0.1, 0.15) is 17.4 Å². The van der Waals surface area contributed by atoms with E-state index >= 15 is 0 Å². The van der Waals surface area contributed by atoms with Crippen LogP contribution in [0.1, 0.15) is 21.5 Å². The number of halogens is 2. The summed E-state index contributed by atoms with van der Waals surface area (Å²) in [6.45, 7) is 1.92. The number of ether oxygens (including phenoxy) is 1. The second-order valence-corrected chi connectivity index (χ2v) is 7.82. The Morgan fingerprint density at radius 2 is 1.60 bits per heavy atom. The zero-order chi connectivity index (χ0) is 24.8.